The highest BCUT2D eigenvalue weighted by molar-refractivity contribution is 8.14. The van der Waals surface area contributed by atoms with Crippen molar-refractivity contribution in [2.45, 2.75) is 50.4 Å². The fourth-order valence-electron chi connectivity index (χ4n) is 4.79. The molecule has 4 heterocycles. The van der Waals surface area contributed by atoms with Gasteiger partial charge in [0, 0.05) is 36.8 Å². The van der Waals surface area contributed by atoms with Crippen molar-refractivity contribution in [3.05, 3.63) is 59.4 Å². The first-order chi connectivity index (χ1) is 13.7. The molecule has 0 spiro atoms. The zero-order valence-electron chi connectivity index (χ0n) is 16.7. The molecular formula is C23H28N4S. The molecule has 0 N–H and O–H groups in total. The highest BCUT2D eigenvalue weighted by atomic mass is 32.2. The highest BCUT2D eigenvalue weighted by Gasteiger charge is 2.43. The number of amidine groups is 1. The Labute approximate surface area is 172 Å². The van der Waals surface area contributed by atoms with Gasteiger partial charge in [-0.2, -0.15) is 0 Å². The molecule has 0 saturated carbocycles. The Morgan fingerprint density at radius 2 is 1.93 bits per heavy atom. The predicted octanol–water partition coefficient (Wildman–Crippen LogP) is 4.97. The summed E-state index contributed by atoms with van der Waals surface area (Å²) in [5.74, 6) is 0. The van der Waals surface area contributed by atoms with Gasteiger partial charge < -0.3 is 9.80 Å². The monoisotopic (exact) mass is 392 g/mol. The minimum absolute atomic E-state index is 0.0794. The van der Waals surface area contributed by atoms with E-state index in [2.05, 4.69) is 59.0 Å². The number of thioether (sulfide) groups is 1. The summed E-state index contributed by atoms with van der Waals surface area (Å²) in [6, 6.07) is 13.6. The smallest absolute Gasteiger partial charge is 0.160 e. The van der Waals surface area contributed by atoms with E-state index in [1.54, 1.807) is 0 Å². The first kappa shape index (κ1) is 18.0. The summed E-state index contributed by atoms with van der Waals surface area (Å²) in [4.78, 5) is 14.8. The van der Waals surface area contributed by atoms with Crippen molar-refractivity contribution in [1.29, 1.82) is 0 Å². The van der Waals surface area contributed by atoms with Crippen molar-refractivity contribution in [3.63, 3.8) is 0 Å². The van der Waals surface area contributed by atoms with Crippen LogP contribution in [0.25, 0.3) is 0 Å². The molecule has 0 radical (unpaired) electrons. The van der Waals surface area contributed by atoms with Crippen LogP contribution in [0.4, 0.5) is 5.69 Å². The summed E-state index contributed by atoms with van der Waals surface area (Å²) in [6.45, 7) is 8.00. The summed E-state index contributed by atoms with van der Waals surface area (Å²) in [5.41, 5.74) is 5.21. The van der Waals surface area contributed by atoms with Gasteiger partial charge in [0.15, 0.2) is 5.17 Å². The van der Waals surface area contributed by atoms with Crippen LogP contribution in [0.2, 0.25) is 0 Å². The van der Waals surface area contributed by atoms with Gasteiger partial charge in [-0.3, -0.25) is 9.98 Å². The van der Waals surface area contributed by atoms with Gasteiger partial charge in [0.1, 0.15) is 6.04 Å². The first-order valence-electron chi connectivity index (χ1n) is 10.5. The third-order valence-corrected chi connectivity index (χ3v) is 7.28. The molecule has 0 amide bonds. The third-order valence-electron chi connectivity index (χ3n) is 6.17. The van der Waals surface area contributed by atoms with Crippen LogP contribution in [-0.4, -0.2) is 39.9 Å². The van der Waals surface area contributed by atoms with Crippen LogP contribution in [0, 0.1) is 6.92 Å². The van der Waals surface area contributed by atoms with Gasteiger partial charge in [-0.1, -0.05) is 30.8 Å². The molecule has 3 aliphatic heterocycles. The number of fused-ring (bicyclic) bond motifs is 1. The molecule has 2 fully saturated rings. The van der Waals surface area contributed by atoms with E-state index in [0.29, 0.717) is 5.25 Å². The Bertz CT molecular complexity index is 875. The maximum atomic E-state index is 5.11. The van der Waals surface area contributed by atoms with E-state index in [9.17, 15) is 0 Å². The van der Waals surface area contributed by atoms with Crippen molar-refractivity contribution in [3.8, 4) is 0 Å². The first-order valence-corrected chi connectivity index (χ1v) is 11.4. The zero-order chi connectivity index (χ0) is 19.1. The molecule has 1 aromatic carbocycles. The summed E-state index contributed by atoms with van der Waals surface area (Å²) in [7, 11) is 0. The minimum Gasteiger partial charge on any atom is -0.372 e. The number of aromatic nitrogens is 1. The summed E-state index contributed by atoms with van der Waals surface area (Å²) < 4.78 is 0. The highest BCUT2D eigenvalue weighted by Crippen LogP contribution is 2.48. The molecule has 3 aliphatic rings. The molecule has 0 bridgehead atoms. The molecule has 146 valence electrons. The number of hydrogen-bond acceptors (Lipinski definition) is 5. The van der Waals surface area contributed by atoms with Crippen LogP contribution in [-0.2, 0) is 0 Å². The lowest BCUT2D eigenvalue weighted by molar-refractivity contribution is 0.320. The van der Waals surface area contributed by atoms with E-state index < -0.39 is 0 Å². The number of nitrogens with zero attached hydrogens (tertiary/aromatic N) is 4. The standard InChI is InChI=1S/C23H28N4S/c1-16-14-18(26-12-6-3-7-13-26)9-10-19(16)22-21(20-8-4-5-11-24-20)25-23-27(22)15-17(2)28-23/h4-5,8-11,14,17,21-22H,3,6-7,12-13,15H2,1-2H3/t17-,21-,22+/m0/s1. The number of hydrogen-bond donors (Lipinski definition) is 0. The van der Waals surface area contributed by atoms with Crippen molar-refractivity contribution in [1.82, 2.24) is 9.88 Å². The normalized spacial score (nSPS) is 27.1. The predicted molar refractivity (Wildman–Crippen MR) is 118 cm³/mol. The van der Waals surface area contributed by atoms with Gasteiger partial charge >= 0.3 is 0 Å². The maximum absolute atomic E-state index is 5.11. The SMILES string of the molecule is Cc1cc(N2CCCCC2)ccc1[C@@H]1[C@H](c2ccccn2)N=C2S[C@@H](C)CN21. The molecule has 0 aliphatic carbocycles. The molecule has 28 heavy (non-hydrogen) atoms. The minimum atomic E-state index is 0.0794. The van der Waals surface area contributed by atoms with Crippen molar-refractivity contribution in [2.75, 3.05) is 24.5 Å². The van der Waals surface area contributed by atoms with E-state index in [1.165, 1.54) is 54.3 Å². The number of piperidine rings is 1. The fourth-order valence-corrected chi connectivity index (χ4v) is 5.89. The molecule has 2 saturated heterocycles. The van der Waals surface area contributed by atoms with Crippen molar-refractivity contribution < 1.29 is 0 Å². The molecule has 5 rings (SSSR count). The van der Waals surface area contributed by atoms with E-state index in [-0.39, 0.29) is 12.1 Å². The Hall–Kier alpha value is -2.01. The lowest BCUT2D eigenvalue weighted by Gasteiger charge is -2.31. The van der Waals surface area contributed by atoms with Crippen LogP contribution >= 0.6 is 11.8 Å². The van der Waals surface area contributed by atoms with Crippen LogP contribution in [0.15, 0.2) is 47.6 Å². The van der Waals surface area contributed by atoms with Crippen LogP contribution in [0.5, 0.6) is 0 Å². The largest absolute Gasteiger partial charge is 0.372 e. The molecule has 4 nitrogen and oxygen atoms in total. The Balaban J connectivity index is 1.50. The van der Waals surface area contributed by atoms with E-state index in [0.717, 1.165) is 12.2 Å². The summed E-state index contributed by atoms with van der Waals surface area (Å²) >= 11 is 1.90. The van der Waals surface area contributed by atoms with Gasteiger partial charge in [-0.25, -0.2) is 0 Å². The number of anilines is 1. The summed E-state index contributed by atoms with van der Waals surface area (Å²) in [5, 5.41) is 1.78. The average molecular weight is 393 g/mol. The van der Waals surface area contributed by atoms with Crippen LogP contribution in [0.3, 0.4) is 0 Å². The zero-order valence-corrected chi connectivity index (χ0v) is 17.5. The number of rotatable bonds is 3. The van der Waals surface area contributed by atoms with Gasteiger partial charge in [-0.05, 0) is 61.6 Å². The Morgan fingerprint density at radius 1 is 1.07 bits per heavy atom. The second-order valence-electron chi connectivity index (χ2n) is 8.23. The average Bonchev–Trinajstić information content (AvgIpc) is 3.25. The van der Waals surface area contributed by atoms with Gasteiger partial charge in [0.25, 0.3) is 0 Å². The number of aliphatic imine (C=N–C) groups is 1. The van der Waals surface area contributed by atoms with Crippen molar-refractivity contribution >= 4 is 22.6 Å². The molecule has 0 unspecified atom stereocenters. The Morgan fingerprint density at radius 3 is 2.68 bits per heavy atom. The van der Waals surface area contributed by atoms with E-state index in [4.69, 9.17) is 4.99 Å². The lowest BCUT2D eigenvalue weighted by atomic mass is 9.92. The molecular weight excluding hydrogens is 364 g/mol. The number of aryl methyl sites for hydroxylation is 1. The Kier molecular flexibility index (Phi) is 4.79. The van der Waals surface area contributed by atoms with Crippen LogP contribution < -0.4 is 4.90 Å². The van der Waals surface area contributed by atoms with Crippen LogP contribution in [0.1, 0.15) is 55.1 Å². The fraction of sp³-hybridized carbons (Fsp3) is 0.478. The quantitative estimate of drug-likeness (QED) is 0.738. The van der Waals surface area contributed by atoms with E-state index >= 15 is 0 Å². The van der Waals surface area contributed by atoms with E-state index in [1.807, 2.05) is 24.0 Å². The third kappa shape index (κ3) is 3.20. The van der Waals surface area contributed by atoms with Gasteiger partial charge in [-0.15, -0.1) is 0 Å². The van der Waals surface area contributed by atoms with Gasteiger partial charge in [0.05, 0.1) is 11.7 Å². The lowest BCUT2D eigenvalue weighted by Crippen LogP contribution is -2.30. The van der Waals surface area contributed by atoms with Crippen molar-refractivity contribution in [2.24, 2.45) is 4.99 Å². The molecule has 3 atom stereocenters. The topological polar surface area (TPSA) is 31.7 Å². The second-order valence-corrected chi connectivity index (χ2v) is 9.63. The summed E-state index contributed by atoms with van der Waals surface area (Å²) in [6.07, 6.45) is 5.88. The second kappa shape index (κ2) is 7.43. The molecule has 1 aromatic heterocycles. The molecule has 2 aromatic rings. The van der Waals surface area contributed by atoms with Gasteiger partial charge in [0.2, 0.25) is 0 Å². The molecule has 5 heteroatoms. The number of pyridine rings is 1. The maximum Gasteiger partial charge on any atom is 0.160 e. The number of benzene rings is 1.